The zero-order valence-corrected chi connectivity index (χ0v) is 35.6. The van der Waals surface area contributed by atoms with E-state index in [0.717, 1.165) is 29.5 Å². The van der Waals surface area contributed by atoms with E-state index in [1.807, 2.05) is 24.3 Å². The van der Waals surface area contributed by atoms with Crippen molar-refractivity contribution in [2.24, 2.45) is 5.92 Å². The van der Waals surface area contributed by atoms with Gasteiger partial charge in [-0.3, -0.25) is 9.59 Å². The minimum atomic E-state index is -5.00. The molecule has 17 heteroatoms. The van der Waals surface area contributed by atoms with Crippen molar-refractivity contribution in [3.8, 4) is 16.9 Å². The smallest absolute Gasteiger partial charge is 0.432 e. The van der Waals surface area contributed by atoms with Crippen molar-refractivity contribution in [3.05, 3.63) is 113 Å². The third kappa shape index (κ3) is 8.24. The molecule has 2 unspecified atom stereocenters. The molecule has 60 heavy (non-hydrogen) atoms. The summed E-state index contributed by atoms with van der Waals surface area (Å²) in [6.45, 7) is 5.48. The van der Waals surface area contributed by atoms with Crippen molar-refractivity contribution in [2.45, 2.75) is 37.9 Å². The number of benzene rings is 3. The Morgan fingerprint density at radius 1 is 0.967 bits per heavy atom. The van der Waals surface area contributed by atoms with Gasteiger partial charge in [0.2, 0.25) is 0 Å². The van der Waals surface area contributed by atoms with Crippen molar-refractivity contribution in [3.63, 3.8) is 0 Å². The number of rotatable bonds is 9. The Hall–Kier alpha value is -5.30. The van der Waals surface area contributed by atoms with Gasteiger partial charge in [-0.2, -0.15) is 13.2 Å². The Bertz CT molecular complexity index is 2680. The number of ketones is 1. The monoisotopic (exact) mass is 946 g/mol. The Morgan fingerprint density at radius 3 is 2.53 bits per heavy atom. The van der Waals surface area contributed by atoms with Crippen LogP contribution in [0.3, 0.4) is 0 Å². The fourth-order valence-corrected chi connectivity index (χ4v) is 8.05. The van der Waals surface area contributed by atoms with E-state index < -0.39 is 47.2 Å². The van der Waals surface area contributed by atoms with Gasteiger partial charge >= 0.3 is 18.2 Å². The van der Waals surface area contributed by atoms with Crippen LogP contribution in [0.1, 0.15) is 72.5 Å². The first-order valence-corrected chi connectivity index (χ1v) is 19.0. The zero-order chi connectivity index (χ0) is 41.6. The van der Waals surface area contributed by atoms with Crippen molar-refractivity contribution >= 4 is 56.9 Å². The summed E-state index contributed by atoms with van der Waals surface area (Å²) in [5, 5.41) is 12.2. The number of halogens is 3. The first-order valence-electron chi connectivity index (χ1n) is 19.0. The average Bonchev–Trinajstić information content (AvgIpc) is 3.80. The summed E-state index contributed by atoms with van der Waals surface area (Å²) in [7, 11) is 2.66. The van der Waals surface area contributed by atoms with Crippen LogP contribution in [0.5, 0.6) is 5.75 Å². The van der Waals surface area contributed by atoms with Crippen LogP contribution in [0.15, 0.2) is 66.9 Å². The SMILES string of the molecule is [CH2-]C1CCC(C(=O)c2cc3cc(NC(=O)c4cc5c(cn4)NCc4ccccc4-5)ccc3[nH]2)Cc2cc(OC(=O)NCCNC)c3[nH]c(C(F)(F)F)c(C(=O)OC)c3c21.[Ce]. The van der Waals surface area contributed by atoms with Crippen molar-refractivity contribution in [1.82, 2.24) is 25.6 Å². The predicted molar refractivity (Wildman–Crippen MR) is 215 cm³/mol. The van der Waals surface area contributed by atoms with Crippen LogP contribution in [0.25, 0.3) is 32.9 Å². The van der Waals surface area contributed by atoms with Gasteiger partial charge in [0.05, 0.1) is 35.8 Å². The molecular weight excluding hydrogens is 908 g/mol. The fraction of sp³-hybridized carbons (Fsp3) is 0.256. The van der Waals surface area contributed by atoms with Gasteiger partial charge in [-0.25, -0.2) is 14.6 Å². The second-order valence-electron chi connectivity index (χ2n) is 14.6. The number of hydrogen-bond donors (Lipinski definition) is 6. The number of nitrogens with zero attached hydrogens (tertiary/aromatic N) is 1. The number of nitrogens with one attached hydrogen (secondary N) is 6. The van der Waals surface area contributed by atoms with E-state index >= 15 is 0 Å². The first kappa shape index (κ1) is 42.8. The number of aromatic nitrogens is 3. The number of alkyl halides is 3. The largest absolute Gasteiger partial charge is 0.465 e. The van der Waals surface area contributed by atoms with E-state index in [1.165, 1.54) is 6.07 Å². The molecule has 6 aromatic rings. The minimum Gasteiger partial charge on any atom is -0.465 e. The molecule has 1 aliphatic heterocycles. The van der Waals surface area contributed by atoms with Crippen LogP contribution in [0.2, 0.25) is 0 Å². The second kappa shape index (κ2) is 17.4. The van der Waals surface area contributed by atoms with Crippen LogP contribution in [-0.4, -0.2) is 66.0 Å². The van der Waals surface area contributed by atoms with E-state index in [2.05, 4.69) is 43.1 Å². The minimum absolute atomic E-state index is 0. The number of fused-ring (bicyclic) bond motifs is 7. The fourth-order valence-electron chi connectivity index (χ4n) is 8.05. The number of hydrogen-bond acceptors (Lipinski definition) is 9. The Balaban J connectivity index is 0.00000544. The number of anilines is 2. The van der Waals surface area contributed by atoms with Crippen LogP contribution in [0.4, 0.5) is 29.3 Å². The Labute approximate surface area is 375 Å². The van der Waals surface area contributed by atoms with Gasteiger partial charge in [-0.1, -0.05) is 36.2 Å². The molecule has 0 saturated carbocycles. The maximum Gasteiger partial charge on any atom is 0.432 e. The number of ether oxygens (including phenoxy) is 2. The number of methoxy groups -OCH3 is 1. The summed E-state index contributed by atoms with van der Waals surface area (Å²) in [6, 6.07) is 18.0. The summed E-state index contributed by atoms with van der Waals surface area (Å²) < 4.78 is 53.7. The van der Waals surface area contributed by atoms with Crippen LogP contribution < -0.4 is 26.0 Å². The molecule has 1 aliphatic carbocycles. The quantitative estimate of drug-likeness (QED) is 0.0278. The number of amides is 2. The standard InChI is InChI=1S/C43H39F3N7O6.Ce/c1-21-8-9-22(14-25-17-33(59-42(57)48-13-12-47-2)37-35(34(21)25)36(41(56)58-3)39(53-37)43(44,45)46)38(54)30-16-24-15-26(10-11-29(24)52-30)51-40(55)31-18-28-27-7-5-4-6-23(27)19-49-32(28)20-50-31;/h4-7,10-11,15-18,20-22,47,49,52-53H,1,8-9,12-14,19H2,2-3H3,(H,48,57)(H,51,55);/q-1;. The first-order chi connectivity index (χ1) is 28.3. The molecule has 2 atom stereocenters. The van der Waals surface area contributed by atoms with Crippen LogP contribution >= 0.6 is 0 Å². The summed E-state index contributed by atoms with van der Waals surface area (Å²) >= 11 is 0. The molecule has 13 nitrogen and oxygen atoms in total. The second-order valence-corrected chi connectivity index (χ2v) is 14.6. The molecule has 0 saturated heterocycles. The number of carbonyl (C=O) groups is 4. The molecule has 6 N–H and O–H groups in total. The number of aromatic amines is 2. The van der Waals surface area contributed by atoms with Crippen molar-refractivity contribution in [1.29, 1.82) is 0 Å². The van der Waals surface area contributed by atoms with Gasteiger partial charge in [0.1, 0.15) is 11.4 Å². The average molecular weight is 947 g/mol. The number of pyridine rings is 1. The third-order valence-corrected chi connectivity index (χ3v) is 10.9. The number of esters is 1. The van der Waals surface area contributed by atoms with E-state index in [9.17, 15) is 32.3 Å². The molecule has 2 amide bonds. The van der Waals surface area contributed by atoms with Crippen LogP contribution in [0, 0.1) is 54.6 Å². The Morgan fingerprint density at radius 2 is 1.77 bits per heavy atom. The number of likely N-dealkylation sites (N-methyl/N-ethyl adjacent to an activating group) is 1. The summed E-state index contributed by atoms with van der Waals surface area (Å²) in [5.41, 5.74) is 3.92. The van der Waals surface area contributed by atoms with E-state index in [1.54, 1.807) is 43.6 Å². The molecule has 3 aromatic carbocycles. The van der Waals surface area contributed by atoms with Gasteiger partial charge < -0.3 is 47.6 Å². The zero-order valence-electron chi connectivity index (χ0n) is 32.5. The van der Waals surface area contributed by atoms with Gasteiger partial charge in [0, 0.05) is 94.8 Å². The molecule has 8 rings (SSSR count). The summed E-state index contributed by atoms with van der Waals surface area (Å²) in [5.74, 6) is -3.47. The van der Waals surface area contributed by atoms with Crippen LogP contribution in [-0.2, 0) is 23.9 Å². The molecule has 0 radical (unpaired) electrons. The molecular formula is C43H39CeF3N7O6-. The van der Waals surface area contributed by atoms with E-state index in [0.29, 0.717) is 53.6 Å². The van der Waals surface area contributed by atoms with E-state index in [4.69, 9.17) is 9.47 Å². The van der Waals surface area contributed by atoms with Gasteiger partial charge in [0.25, 0.3) is 5.91 Å². The number of Topliss-reactive ketones (excluding diaryl/α,β-unsaturated/α-hetero) is 1. The summed E-state index contributed by atoms with van der Waals surface area (Å²) in [4.78, 5) is 63.4. The Kier molecular flexibility index (Phi) is 12.4. The van der Waals surface area contributed by atoms with Crippen molar-refractivity contribution < 1.29 is 83.6 Å². The van der Waals surface area contributed by atoms with Gasteiger partial charge in [-0.05, 0) is 73.0 Å². The normalized spacial score (nSPS) is 15.7. The topological polar surface area (TPSA) is 179 Å². The molecule has 4 heterocycles. The number of H-pyrrole nitrogens is 2. The molecule has 3 aromatic heterocycles. The van der Waals surface area contributed by atoms with Gasteiger partial charge in [-0.15, -0.1) is 5.92 Å². The third-order valence-electron chi connectivity index (χ3n) is 10.9. The number of carbonyl (C=O) groups excluding carboxylic acids is 4. The van der Waals surface area contributed by atoms with E-state index in [-0.39, 0.29) is 88.5 Å². The molecule has 2 aliphatic rings. The molecule has 308 valence electrons. The maximum absolute atomic E-state index is 14.4. The molecule has 0 bridgehead atoms. The predicted octanol–water partition coefficient (Wildman–Crippen LogP) is 7.76. The molecule has 0 spiro atoms. The van der Waals surface area contributed by atoms with Crippen molar-refractivity contribution in [2.75, 3.05) is 37.9 Å². The molecule has 0 fully saturated rings. The maximum atomic E-state index is 14.4. The summed E-state index contributed by atoms with van der Waals surface area (Å²) in [6.07, 6.45) is -3.61. The van der Waals surface area contributed by atoms with Gasteiger partial charge in [0.15, 0.2) is 11.5 Å².